The van der Waals surface area contributed by atoms with Crippen molar-refractivity contribution in [2.45, 2.75) is 59.6 Å². The van der Waals surface area contributed by atoms with Crippen molar-refractivity contribution in [3.63, 3.8) is 0 Å². The second-order valence-electron chi connectivity index (χ2n) is 7.92. The number of hydrogen-bond acceptors (Lipinski definition) is 4. The molecule has 1 aromatic rings. The van der Waals surface area contributed by atoms with E-state index in [1.54, 1.807) is 13.8 Å². The van der Waals surface area contributed by atoms with Crippen LogP contribution in [0.5, 0.6) is 0 Å². The van der Waals surface area contributed by atoms with Gasteiger partial charge in [0, 0.05) is 12.5 Å². The van der Waals surface area contributed by atoms with E-state index in [9.17, 15) is 14.7 Å². The summed E-state index contributed by atoms with van der Waals surface area (Å²) in [6.07, 6.45) is 0.0461. The summed E-state index contributed by atoms with van der Waals surface area (Å²) in [5, 5.41) is 10.5. The minimum Gasteiger partial charge on any atom is -0.503 e. The van der Waals surface area contributed by atoms with Gasteiger partial charge in [-0.25, -0.2) is 0 Å². The van der Waals surface area contributed by atoms with Gasteiger partial charge in [0.2, 0.25) is 0 Å². The van der Waals surface area contributed by atoms with E-state index in [4.69, 9.17) is 4.74 Å². The monoisotopic (exact) mass is 373 g/mol. The number of Topliss-reactive ketones (excluding diaryl/α,β-unsaturated/α-hetero) is 1. The predicted molar refractivity (Wildman–Crippen MR) is 106 cm³/mol. The van der Waals surface area contributed by atoms with Crippen LogP contribution in [0.1, 0.15) is 64.6 Å². The summed E-state index contributed by atoms with van der Waals surface area (Å²) in [6.45, 7) is 12.3. The fourth-order valence-electron chi connectivity index (χ4n) is 3.24. The molecule has 1 aliphatic heterocycles. The molecule has 1 heterocycles. The smallest absolute Gasteiger partial charge is 0.290 e. The lowest BCUT2D eigenvalue weighted by molar-refractivity contribution is -0.130. The summed E-state index contributed by atoms with van der Waals surface area (Å²) in [6, 6.07) is 7.33. The molecular weight excluding hydrogens is 342 g/mol. The maximum absolute atomic E-state index is 12.8. The van der Waals surface area contributed by atoms with Gasteiger partial charge >= 0.3 is 0 Å². The Kier molecular flexibility index (Phi) is 6.82. The molecule has 0 saturated heterocycles. The first-order valence-corrected chi connectivity index (χ1v) is 9.64. The van der Waals surface area contributed by atoms with Crippen LogP contribution in [0.4, 0.5) is 0 Å². The normalized spacial score (nSPS) is 17.7. The van der Waals surface area contributed by atoms with Gasteiger partial charge in [0.05, 0.1) is 24.3 Å². The van der Waals surface area contributed by atoms with Crippen LogP contribution in [0, 0.1) is 5.92 Å². The Morgan fingerprint density at radius 3 is 2.19 bits per heavy atom. The van der Waals surface area contributed by atoms with Crippen molar-refractivity contribution in [3.8, 4) is 0 Å². The molecule has 5 heteroatoms. The number of benzene rings is 1. The molecule has 1 atom stereocenters. The van der Waals surface area contributed by atoms with Gasteiger partial charge in [0.1, 0.15) is 0 Å². The van der Waals surface area contributed by atoms with Crippen molar-refractivity contribution in [2.24, 2.45) is 5.92 Å². The topological polar surface area (TPSA) is 66.8 Å². The van der Waals surface area contributed by atoms with Gasteiger partial charge in [0.25, 0.3) is 5.91 Å². The van der Waals surface area contributed by atoms with Crippen molar-refractivity contribution >= 4 is 11.7 Å². The number of carbonyl (C=O) groups excluding carboxylic acids is 2. The molecule has 1 aliphatic rings. The van der Waals surface area contributed by atoms with E-state index < -0.39 is 17.7 Å². The molecular formula is C22H31NO4. The molecule has 1 amide bonds. The molecule has 1 N–H and O–H groups in total. The molecule has 0 bridgehead atoms. The molecule has 0 aromatic heterocycles. The third-order valence-corrected chi connectivity index (χ3v) is 4.80. The summed E-state index contributed by atoms with van der Waals surface area (Å²) >= 11 is 0. The molecule has 0 saturated carbocycles. The van der Waals surface area contributed by atoms with Crippen LogP contribution in [0.15, 0.2) is 35.6 Å². The van der Waals surface area contributed by atoms with E-state index in [0.717, 1.165) is 5.56 Å². The molecule has 0 aliphatic carbocycles. The lowest BCUT2D eigenvalue weighted by atomic mass is 9.90. The third kappa shape index (κ3) is 4.59. The van der Waals surface area contributed by atoms with Crippen molar-refractivity contribution in [2.75, 3.05) is 13.2 Å². The highest BCUT2D eigenvalue weighted by Gasteiger charge is 2.43. The first-order chi connectivity index (χ1) is 12.6. The van der Waals surface area contributed by atoms with Crippen molar-refractivity contribution in [1.29, 1.82) is 0 Å². The zero-order valence-corrected chi connectivity index (χ0v) is 17.2. The minimum absolute atomic E-state index is 0.0461. The first-order valence-electron chi connectivity index (χ1n) is 9.64. The van der Waals surface area contributed by atoms with Gasteiger partial charge in [-0.3, -0.25) is 9.59 Å². The average molecular weight is 373 g/mol. The zero-order chi connectivity index (χ0) is 20.3. The van der Waals surface area contributed by atoms with Gasteiger partial charge in [-0.05, 0) is 30.9 Å². The van der Waals surface area contributed by atoms with Crippen LogP contribution in [0.2, 0.25) is 0 Å². The molecule has 5 nitrogen and oxygen atoms in total. The quantitative estimate of drug-likeness (QED) is 0.743. The highest BCUT2D eigenvalue weighted by atomic mass is 16.5. The standard InChI is InChI=1S/C22H31NO4/c1-13(2)16-7-9-17(10-8-16)19-18(20(24)14(3)4)21(25)22(26)23(19)11-12-27-15(5)6/h7-10,13-15,19,25H,11-12H2,1-6H3. The van der Waals surface area contributed by atoms with Gasteiger partial charge in [0.15, 0.2) is 11.5 Å². The number of aliphatic hydroxyl groups excluding tert-OH is 1. The maximum Gasteiger partial charge on any atom is 0.290 e. The first kappa shape index (κ1) is 21.2. The highest BCUT2D eigenvalue weighted by Crippen LogP contribution is 2.39. The molecule has 27 heavy (non-hydrogen) atoms. The molecule has 0 radical (unpaired) electrons. The largest absolute Gasteiger partial charge is 0.503 e. The van der Waals surface area contributed by atoms with Crippen LogP contribution < -0.4 is 0 Å². The van der Waals surface area contributed by atoms with Gasteiger partial charge in [-0.2, -0.15) is 0 Å². The zero-order valence-electron chi connectivity index (χ0n) is 17.2. The maximum atomic E-state index is 12.8. The third-order valence-electron chi connectivity index (χ3n) is 4.80. The van der Waals surface area contributed by atoms with Crippen LogP contribution in [0.25, 0.3) is 0 Å². The number of hydrogen-bond donors (Lipinski definition) is 1. The SMILES string of the molecule is CC(C)OCCN1C(=O)C(O)=C(C(=O)C(C)C)C1c1ccc(C(C)C)cc1. The predicted octanol–water partition coefficient (Wildman–Crippen LogP) is 4.16. The molecule has 0 fully saturated rings. The van der Waals surface area contributed by atoms with Crippen molar-refractivity contribution < 1.29 is 19.4 Å². The second-order valence-corrected chi connectivity index (χ2v) is 7.92. The van der Waals surface area contributed by atoms with Crippen LogP contribution in [0.3, 0.4) is 0 Å². The summed E-state index contributed by atoms with van der Waals surface area (Å²) in [7, 11) is 0. The van der Waals surface area contributed by atoms with E-state index in [1.165, 1.54) is 10.5 Å². The second kappa shape index (κ2) is 8.70. The lowest BCUT2D eigenvalue weighted by Crippen LogP contribution is -2.34. The Hall–Kier alpha value is -2.14. The minimum atomic E-state index is -0.579. The number of ether oxygens (including phenoxy) is 1. The number of amides is 1. The Morgan fingerprint density at radius 1 is 1.11 bits per heavy atom. The van der Waals surface area contributed by atoms with Crippen molar-refractivity contribution in [3.05, 3.63) is 46.7 Å². The van der Waals surface area contributed by atoms with Crippen LogP contribution >= 0.6 is 0 Å². The highest BCUT2D eigenvalue weighted by molar-refractivity contribution is 6.09. The van der Waals surface area contributed by atoms with Crippen LogP contribution in [-0.4, -0.2) is 41.0 Å². The van der Waals surface area contributed by atoms with Gasteiger partial charge < -0.3 is 14.7 Å². The molecule has 1 unspecified atom stereocenters. The van der Waals surface area contributed by atoms with E-state index in [2.05, 4.69) is 13.8 Å². The molecule has 0 spiro atoms. The Balaban J connectivity index is 2.42. The fourth-order valence-corrected chi connectivity index (χ4v) is 3.24. The number of nitrogens with zero attached hydrogens (tertiary/aromatic N) is 1. The molecule has 1 aromatic carbocycles. The van der Waals surface area contributed by atoms with Gasteiger partial charge in [-0.1, -0.05) is 52.0 Å². The Labute approximate surface area is 162 Å². The summed E-state index contributed by atoms with van der Waals surface area (Å²) < 4.78 is 5.59. The molecule has 148 valence electrons. The van der Waals surface area contributed by atoms with Crippen molar-refractivity contribution in [1.82, 2.24) is 4.90 Å². The van der Waals surface area contributed by atoms with E-state index in [0.29, 0.717) is 19.1 Å². The average Bonchev–Trinajstić information content (AvgIpc) is 2.85. The van der Waals surface area contributed by atoms with E-state index in [1.807, 2.05) is 38.1 Å². The van der Waals surface area contributed by atoms with Crippen LogP contribution in [-0.2, 0) is 14.3 Å². The van der Waals surface area contributed by atoms with E-state index >= 15 is 0 Å². The summed E-state index contributed by atoms with van der Waals surface area (Å²) in [5.74, 6) is -1.06. The number of ketones is 1. The Morgan fingerprint density at radius 2 is 1.70 bits per heavy atom. The molecule has 2 rings (SSSR count). The number of aliphatic hydroxyl groups is 1. The number of carbonyl (C=O) groups is 2. The van der Waals surface area contributed by atoms with Gasteiger partial charge in [-0.15, -0.1) is 0 Å². The lowest BCUT2D eigenvalue weighted by Gasteiger charge is -2.27. The summed E-state index contributed by atoms with van der Waals surface area (Å²) in [5.41, 5.74) is 2.20. The number of rotatable bonds is 8. The van der Waals surface area contributed by atoms with E-state index in [-0.39, 0.29) is 23.4 Å². The Bertz CT molecular complexity index is 716. The fraction of sp³-hybridized carbons (Fsp3) is 0.545. The summed E-state index contributed by atoms with van der Waals surface area (Å²) in [4.78, 5) is 27.0.